The van der Waals surface area contributed by atoms with Crippen LogP contribution in [-0.2, 0) is 11.3 Å². The molecule has 6 heteroatoms. The Bertz CT molecular complexity index is 741. The summed E-state index contributed by atoms with van der Waals surface area (Å²) in [6.07, 6.45) is -0.273. The molecule has 0 radical (unpaired) electrons. The SMILES string of the molecule is Cc1cc(N2CCN(C(=O)OCc3ccccc3)CC2)ccc1[NH+]=O. The van der Waals surface area contributed by atoms with E-state index in [2.05, 4.69) is 4.90 Å². The van der Waals surface area contributed by atoms with E-state index in [4.69, 9.17) is 4.74 Å². The maximum atomic E-state index is 12.2. The predicted molar refractivity (Wildman–Crippen MR) is 95.6 cm³/mol. The molecule has 1 aliphatic rings. The van der Waals surface area contributed by atoms with E-state index in [0.717, 1.165) is 29.9 Å². The van der Waals surface area contributed by atoms with E-state index >= 15 is 0 Å². The quantitative estimate of drug-likeness (QED) is 0.924. The number of hydrogen-bond donors (Lipinski definition) is 1. The summed E-state index contributed by atoms with van der Waals surface area (Å²) in [7, 11) is 0. The molecule has 0 unspecified atom stereocenters. The summed E-state index contributed by atoms with van der Waals surface area (Å²) >= 11 is 0. The number of aryl methyl sites for hydroxylation is 1. The smallest absolute Gasteiger partial charge is 0.410 e. The van der Waals surface area contributed by atoms with Crippen LogP contribution in [0, 0.1) is 11.8 Å². The fourth-order valence-corrected chi connectivity index (χ4v) is 2.92. The minimum absolute atomic E-state index is 0.273. The van der Waals surface area contributed by atoms with Crippen molar-refractivity contribution in [3.63, 3.8) is 0 Å². The Kier molecular flexibility index (Phi) is 5.28. The number of ether oxygens (including phenoxy) is 1. The number of amides is 1. The highest BCUT2D eigenvalue weighted by molar-refractivity contribution is 5.68. The molecular formula is C19H22N3O3+. The van der Waals surface area contributed by atoms with Crippen LogP contribution < -0.4 is 10.1 Å². The molecule has 0 bridgehead atoms. The lowest BCUT2D eigenvalue weighted by Crippen LogP contribution is -2.56. The Morgan fingerprint density at radius 1 is 1.08 bits per heavy atom. The largest absolute Gasteiger partial charge is 0.445 e. The highest BCUT2D eigenvalue weighted by Crippen LogP contribution is 2.21. The molecule has 1 aliphatic heterocycles. The zero-order valence-corrected chi connectivity index (χ0v) is 14.3. The van der Waals surface area contributed by atoms with Gasteiger partial charge < -0.3 is 14.5 Å². The molecule has 0 saturated carbocycles. The summed E-state index contributed by atoms with van der Waals surface area (Å²) in [4.78, 5) is 26.9. The van der Waals surface area contributed by atoms with Crippen LogP contribution in [0.3, 0.4) is 0 Å². The highest BCUT2D eigenvalue weighted by atomic mass is 16.6. The fourth-order valence-electron chi connectivity index (χ4n) is 2.92. The van der Waals surface area contributed by atoms with Crippen LogP contribution in [-0.4, -0.2) is 37.2 Å². The Balaban J connectivity index is 1.52. The summed E-state index contributed by atoms with van der Waals surface area (Å²) in [6, 6.07) is 15.4. The molecule has 0 atom stereocenters. The molecule has 1 amide bonds. The first-order valence-corrected chi connectivity index (χ1v) is 8.37. The lowest BCUT2D eigenvalue weighted by Gasteiger charge is -2.35. The van der Waals surface area contributed by atoms with E-state index in [-0.39, 0.29) is 6.09 Å². The average molecular weight is 340 g/mol. The summed E-state index contributed by atoms with van der Waals surface area (Å²) in [6.45, 7) is 4.92. The monoisotopic (exact) mass is 340 g/mol. The number of carbonyl (C=O) groups excluding carboxylic acids is 1. The third-order valence-electron chi connectivity index (χ3n) is 4.43. The number of nitrogens with zero attached hydrogens (tertiary/aromatic N) is 2. The Morgan fingerprint density at radius 2 is 1.80 bits per heavy atom. The van der Waals surface area contributed by atoms with E-state index in [1.165, 1.54) is 0 Å². The number of rotatable bonds is 4. The second-order valence-corrected chi connectivity index (χ2v) is 6.12. The zero-order chi connectivity index (χ0) is 17.6. The van der Waals surface area contributed by atoms with Gasteiger partial charge in [-0.2, -0.15) is 0 Å². The molecule has 0 aromatic heterocycles. The standard InChI is InChI=1S/C19H21N3O3/c1-15-13-17(7-8-18(15)20-24)21-9-11-22(12-10-21)19(23)25-14-16-5-3-2-4-6-16/h2-8,13H,9-12,14H2,1H3/p+1. The molecule has 1 saturated heterocycles. The molecule has 1 fully saturated rings. The molecule has 25 heavy (non-hydrogen) atoms. The predicted octanol–water partition coefficient (Wildman–Crippen LogP) is 1.93. The number of nitrogens with one attached hydrogen (secondary N) is 1. The molecule has 6 nitrogen and oxygen atoms in total. The molecular weight excluding hydrogens is 318 g/mol. The van der Waals surface area contributed by atoms with E-state index < -0.39 is 0 Å². The van der Waals surface area contributed by atoms with Gasteiger partial charge in [-0.3, -0.25) is 0 Å². The van der Waals surface area contributed by atoms with Crippen LogP contribution in [0.25, 0.3) is 0 Å². The van der Waals surface area contributed by atoms with Gasteiger partial charge in [0, 0.05) is 53.6 Å². The van der Waals surface area contributed by atoms with Crippen LogP contribution >= 0.6 is 0 Å². The van der Waals surface area contributed by atoms with Crippen molar-refractivity contribution in [1.82, 2.24) is 4.90 Å². The lowest BCUT2D eigenvalue weighted by molar-refractivity contribution is -0.380. The van der Waals surface area contributed by atoms with Gasteiger partial charge in [0.15, 0.2) is 0 Å². The Hall–Kier alpha value is -2.89. The van der Waals surface area contributed by atoms with Gasteiger partial charge in [0.25, 0.3) is 5.69 Å². The van der Waals surface area contributed by atoms with Crippen LogP contribution in [0.4, 0.5) is 16.2 Å². The van der Waals surface area contributed by atoms with Gasteiger partial charge in [0.05, 0.1) is 0 Å². The summed E-state index contributed by atoms with van der Waals surface area (Å²) in [5.41, 5.74) is 3.55. The first-order valence-electron chi connectivity index (χ1n) is 8.37. The lowest BCUT2D eigenvalue weighted by atomic mass is 10.1. The van der Waals surface area contributed by atoms with Gasteiger partial charge >= 0.3 is 6.09 Å². The van der Waals surface area contributed by atoms with Gasteiger partial charge in [0.2, 0.25) is 0 Å². The molecule has 1 N–H and O–H groups in total. The van der Waals surface area contributed by atoms with Gasteiger partial charge in [-0.05, 0) is 24.6 Å². The minimum atomic E-state index is -0.273. The maximum Gasteiger partial charge on any atom is 0.410 e. The van der Waals surface area contributed by atoms with Gasteiger partial charge in [-0.15, -0.1) is 0 Å². The van der Waals surface area contributed by atoms with Crippen LogP contribution in [0.2, 0.25) is 0 Å². The first kappa shape index (κ1) is 17.0. The number of benzene rings is 2. The summed E-state index contributed by atoms with van der Waals surface area (Å²) < 4.78 is 5.38. The first-order chi connectivity index (χ1) is 12.2. The van der Waals surface area contributed by atoms with Crippen molar-refractivity contribution in [1.29, 1.82) is 0 Å². The van der Waals surface area contributed by atoms with E-state index in [1.54, 1.807) is 11.0 Å². The number of nitroso groups, excluding NO2 is 1. The molecule has 3 rings (SSSR count). The topological polar surface area (TPSA) is 63.8 Å². The Morgan fingerprint density at radius 3 is 2.44 bits per heavy atom. The van der Waals surface area contributed by atoms with E-state index in [9.17, 15) is 9.70 Å². The minimum Gasteiger partial charge on any atom is -0.445 e. The molecule has 2 aromatic carbocycles. The molecule has 1 heterocycles. The zero-order valence-electron chi connectivity index (χ0n) is 14.3. The van der Waals surface area contributed by atoms with Crippen LogP contribution in [0.15, 0.2) is 48.5 Å². The van der Waals surface area contributed by atoms with Crippen molar-refractivity contribution in [2.45, 2.75) is 13.5 Å². The van der Waals surface area contributed by atoms with Crippen molar-refractivity contribution in [3.8, 4) is 0 Å². The number of piperazine rings is 1. The van der Waals surface area contributed by atoms with Crippen molar-refractivity contribution in [2.24, 2.45) is 0 Å². The maximum absolute atomic E-state index is 12.2. The Labute approximate surface area is 147 Å². The number of hydrogen-bond acceptors (Lipinski definition) is 4. The molecule has 0 aliphatic carbocycles. The van der Waals surface area contributed by atoms with Crippen LogP contribution in [0.1, 0.15) is 11.1 Å². The van der Waals surface area contributed by atoms with Gasteiger partial charge in [-0.1, -0.05) is 30.3 Å². The third kappa shape index (κ3) is 4.15. The molecule has 130 valence electrons. The molecule has 0 spiro atoms. The second kappa shape index (κ2) is 7.79. The number of carbonyl (C=O) groups is 1. The summed E-state index contributed by atoms with van der Waals surface area (Å²) in [5, 5.41) is 1.94. The molecule has 2 aromatic rings. The summed E-state index contributed by atoms with van der Waals surface area (Å²) in [5.74, 6) is 0. The van der Waals surface area contributed by atoms with E-state index in [1.807, 2.05) is 54.6 Å². The average Bonchev–Trinajstić information content (AvgIpc) is 2.67. The van der Waals surface area contributed by atoms with E-state index in [0.29, 0.717) is 25.4 Å². The third-order valence-corrected chi connectivity index (χ3v) is 4.43. The van der Waals surface area contributed by atoms with Crippen molar-refractivity contribution in [2.75, 3.05) is 31.1 Å². The van der Waals surface area contributed by atoms with Crippen LogP contribution in [0.5, 0.6) is 0 Å². The van der Waals surface area contributed by atoms with Crippen molar-refractivity contribution < 1.29 is 14.7 Å². The van der Waals surface area contributed by atoms with Crippen molar-refractivity contribution >= 4 is 17.5 Å². The van der Waals surface area contributed by atoms with Crippen molar-refractivity contribution in [3.05, 3.63) is 64.6 Å². The van der Waals surface area contributed by atoms with Gasteiger partial charge in [0.1, 0.15) is 6.61 Å². The second-order valence-electron chi connectivity index (χ2n) is 6.12. The fraction of sp³-hybridized carbons (Fsp3) is 0.316. The highest BCUT2D eigenvalue weighted by Gasteiger charge is 2.23. The number of anilines is 1. The van der Waals surface area contributed by atoms with Gasteiger partial charge in [-0.25, -0.2) is 4.79 Å². The normalized spacial score (nSPS) is 14.3.